The standard InChI is InChI=1S/C26H27F7N4O4/c27-20-11-16(3-6-21(20)35-23(40)34-18-12-19(38)13-18)22(39)37-9-7-36(8-10-37)14-15-1-4-17(5-2-15)24(41,25(28,29)30)26(31,32)33/h1-6,11,18-19,38,41H,7-10,12-14H2,(H2,34,35,40). The predicted octanol–water partition coefficient (Wildman–Crippen LogP) is 3.74. The van der Waals surface area contributed by atoms with Crippen LogP contribution in [0.25, 0.3) is 0 Å². The lowest BCUT2D eigenvalue weighted by molar-refractivity contribution is -0.376. The van der Waals surface area contributed by atoms with Crippen LogP contribution >= 0.6 is 0 Å². The van der Waals surface area contributed by atoms with Crippen LogP contribution in [-0.4, -0.2) is 82.6 Å². The van der Waals surface area contributed by atoms with Gasteiger partial charge in [0.1, 0.15) is 5.82 Å². The smallest absolute Gasteiger partial charge is 0.393 e. The predicted molar refractivity (Wildman–Crippen MR) is 131 cm³/mol. The zero-order valence-electron chi connectivity index (χ0n) is 21.4. The van der Waals surface area contributed by atoms with Crippen LogP contribution in [0, 0.1) is 5.82 Å². The number of benzene rings is 2. The van der Waals surface area contributed by atoms with E-state index in [0.717, 1.165) is 18.2 Å². The summed E-state index contributed by atoms with van der Waals surface area (Å²) in [5, 5.41) is 23.7. The largest absolute Gasteiger partial charge is 0.430 e. The summed E-state index contributed by atoms with van der Waals surface area (Å²) in [5.74, 6) is -1.27. The Hall–Kier alpha value is -3.43. The van der Waals surface area contributed by atoms with Gasteiger partial charge in [0.15, 0.2) is 0 Å². The number of urea groups is 1. The molecule has 1 heterocycles. The summed E-state index contributed by atoms with van der Waals surface area (Å²) in [7, 11) is 0. The molecule has 224 valence electrons. The normalized spacial score (nSPS) is 20.4. The summed E-state index contributed by atoms with van der Waals surface area (Å²) >= 11 is 0. The van der Waals surface area contributed by atoms with Gasteiger partial charge in [-0.2, -0.15) is 26.3 Å². The molecule has 0 aromatic heterocycles. The number of anilines is 1. The van der Waals surface area contributed by atoms with Crippen molar-refractivity contribution in [2.24, 2.45) is 0 Å². The fraction of sp³-hybridized carbons (Fsp3) is 0.462. The number of halogens is 7. The lowest BCUT2D eigenvalue weighted by atomic mass is 9.90. The van der Waals surface area contributed by atoms with E-state index in [1.807, 2.05) is 4.90 Å². The summed E-state index contributed by atoms with van der Waals surface area (Å²) in [4.78, 5) is 28.2. The first-order valence-corrected chi connectivity index (χ1v) is 12.6. The zero-order valence-corrected chi connectivity index (χ0v) is 21.4. The molecule has 1 aliphatic heterocycles. The summed E-state index contributed by atoms with van der Waals surface area (Å²) < 4.78 is 93.1. The highest BCUT2D eigenvalue weighted by Crippen LogP contribution is 2.50. The lowest BCUT2D eigenvalue weighted by Crippen LogP contribution is -2.53. The number of alkyl halides is 6. The fourth-order valence-electron chi connectivity index (χ4n) is 4.69. The van der Waals surface area contributed by atoms with Crippen LogP contribution in [0.5, 0.6) is 0 Å². The molecule has 1 aliphatic carbocycles. The van der Waals surface area contributed by atoms with Gasteiger partial charge in [0, 0.05) is 49.9 Å². The number of rotatable bonds is 6. The summed E-state index contributed by atoms with van der Waals surface area (Å²) in [6.45, 7) is 1.31. The van der Waals surface area contributed by atoms with Crippen molar-refractivity contribution in [3.05, 3.63) is 65.0 Å². The summed E-state index contributed by atoms with van der Waals surface area (Å²) in [5.41, 5.74) is -6.00. The van der Waals surface area contributed by atoms with Crippen LogP contribution < -0.4 is 10.6 Å². The van der Waals surface area contributed by atoms with Gasteiger partial charge in [0.25, 0.3) is 11.5 Å². The van der Waals surface area contributed by atoms with E-state index < -0.39 is 47.4 Å². The van der Waals surface area contributed by atoms with Gasteiger partial charge in [-0.3, -0.25) is 9.69 Å². The number of carbonyl (C=O) groups is 2. The molecule has 2 aliphatic rings. The van der Waals surface area contributed by atoms with Crippen molar-refractivity contribution in [3.8, 4) is 0 Å². The number of amides is 3. The highest BCUT2D eigenvalue weighted by molar-refractivity contribution is 5.95. The van der Waals surface area contributed by atoms with E-state index >= 15 is 0 Å². The molecule has 2 fully saturated rings. The van der Waals surface area contributed by atoms with Crippen LogP contribution in [0.15, 0.2) is 42.5 Å². The van der Waals surface area contributed by atoms with E-state index in [1.165, 1.54) is 17.0 Å². The van der Waals surface area contributed by atoms with Crippen molar-refractivity contribution >= 4 is 17.6 Å². The minimum atomic E-state index is -5.97. The first-order chi connectivity index (χ1) is 19.1. The number of hydrogen-bond acceptors (Lipinski definition) is 5. The van der Waals surface area contributed by atoms with Crippen molar-refractivity contribution < 1.29 is 50.5 Å². The number of carbonyl (C=O) groups excluding carboxylic acids is 2. The second kappa shape index (κ2) is 11.4. The van der Waals surface area contributed by atoms with Crippen LogP contribution in [0.2, 0.25) is 0 Å². The van der Waals surface area contributed by atoms with Crippen molar-refractivity contribution in [1.82, 2.24) is 15.1 Å². The third-order valence-corrected chi connectivity index (χ3v) is 7.17. The SMILES string of the molecule is O=C(Nc1ccc(C(=O)N2CCN(Cc3ccc(C(O)(C(F)(F)F)C(F)(F)F)cc3)CC2)cc1F)NC1CC(O)C1. The molecule has 0 unspecified atom stereocenters. The fourth-order valence-corrected chi connectivity index (χ4v) is 4.69. The molecule has 3 amide bonds. The van der Waals surface area contributed by atoms with Crippen LogP contribution in [0.3, 0.4) is 0 Å². The van der Waals surface area contributed by atoms with E-state index in [1.54, 1.807) is 0 Å². The van der Waals surface area contributed by atoms with Gasteiger partial charge >= 0.3 is 18.4 Å². The van der Waals surface area contributed by atoms with Crippen molar-refractivity contribution in [3.63, 3.8) is 0 Å². The van der Waals surface area contributed by atoms with Gasteiger partial charge in [-0.25, -0.2) is 9.18 Å². The Balaban J connectivity index is 1.30. The Morgan fingerprint density at radius 2 is 1.49 bits per heavy atom. The molecule has 2 aromatic rings. The highest BCUT2D eigenvalue weighted by atomic mass is 19.4. The number of aliphatic hydroxyl groups is 2. The molecule has 4 rings (SSSR count). The van der Waals surface area contributed by atoms with Gasteiger partial charge in [-0.1, -0.05) is 24.3 Å². The molecule has 1 saturated heterocycles. The van der Waals surface area contributed by atoms with E-state index in [2.05, 4.69) is 10.6 Å². The van der Waals surface area contributed by atoms with Crippen LogP contribution in [0.1, 0.15) is 34.3 Å². The maximum atomic E-state index is 14.6. The third-order valence-electron chi connectivity index (χ3n) is 7.17. The Bertz CT molecular complexity index is 1240. The minimum absolute atomic E-state index is 0.0569. The molecule has 8 nitrogen and oxygen atoms in total. The number of nitrogens with zero attached hydrogens (tertiary/aromatic N) is 2. The average molecular weight is 593 g/mol. The number of aliphatic hydroxyl groups excluding tert-OH is 1. The van der Waals surface area contributed by atoms with Crippen LogP contribution in [-0.2, 0) is 12.1 Å². The van der Waals surface area contributed by atoms with Gasteiger partial charge < -0.3 is 25.7 Å². The first kappa shape index (κ1) is 30.5. The molecule has 15 heteroatoms. The maximum Gasteiger partial charge on any atom is 0.430 e. The van der Waals surface area contributed by atoms with E-state index in [9.17, 15) is 50.5 Å². The average Bonchev–Trinajstić information content (AvgIpc) is 2.87. The molecular weight excluding hydrogens is 565 g/mol. The van der Waals surface area contributed by atoms with E-state index in [4.69, 9.17) is 0 Å². The van der Waals surface area contributed by atoms with Gasteiger partial charge in [-0.05, 0) is 36.6 Å². The van der Waals surface area contributed by atoms with Gasteiger partial charge in [0.2, 0.25) is 0 Å². The second-order valence-corrected chi connectivity index (χ2v) is 10.1. The van der Waals surface area contributed by atoms with E-state index in [-0.39, 0.29) is 36.9 Å². The Kier molecular flexibility index (Phi) is 8.52. The molecule has 0 spiro atoms. The molecule has 41 heavy (non-hydrogen) atoms. The molecule has 0 bridgehead atoms. The summed E-state index contributed by atoms with van der Waals surface area (Å²) in [6, 6.07) is 6.11. The number of piperazine rings is 1. The van der Waals surface area contributed by atoms with Crippen molar-refractivity contribution in [2.45, 2.75) is 49.5 Å². The molecule has 2 aromatic carbocycles. The van der Waals surface area contributed by atoms with Crippen molar-refractivity contribution in [1.29, 1.82) is 0 Å². The highest BCUT2D eigenvalue weighted by Gasteiger charge is 2.71. The molecule has 0 atom stereocenters. The summed E-state index contributed by atoms with van der Waals surface area (Å²) in [6.07, 6.45) is -11.6. The quantitative estimate of drug-likeness (QED) is 0.383. The zero-order chi connectivity index (χ0) is 30.2. The maximum absolute atomic E-state index is 14.6. The Morgan fingerprint density at radius 1 is 0.902 bits per heavy atom. The third kappa shape index (κ3) is 6.57. The Morgan fingerprint density at radius 3 is 2.00 bits per heavy atom. The topological polar surface area (TPSA) is 105 Å². The minimum Gasteiger partial charge on any atom is -0.393 e. The molecule has 4 N–H and O–H groups in total. The monoisotopic (exact) mass is 592 g/mol. The second-order valence-electron chi connectivity index (χ2n) is 10.1. The molecular formula is C26H27F7N4O4. The first-order valence-electron chi connectivity index (χ1n) is 12.6. The molecule has 0 radical (unpaired) electrons. The Labute approximate surface area is 229 Å². The van der Waals surface area contributed by atoms with Crippen LogP contribution in [0.4, 0.5) is 41.2 Å². The lowest BCUT2D eigenvalue weighted by Gasteiger charge is -2.35. The van der Waals surface area contributed by atoms with Gasteiger partial charge in [0.05, 0.1) is 11.8 Å². The van der Waals surface area contributed by atoms with Gasteiger partial charge in [-0.15, -0.1) is 0 Å². The number of nitrogens with one attached hydrogen (secondary N) is 2. The van der Waals surface area contributed by atoms with E-state index in [0.29, 0.717) is 43.6 Å². The van der Waals surface area contributed by atoms with Crippen molar-refractivity contribution in [2.75, 3.05) is 31.5 Å². The number of hydrogen-bond donors (Lipinski definition) is 4. The molecule has 1 saturated carbocycles.